The normalized spacial score (nSPS) is 7.54. The third-order valence-electron chi connectivity index (χ3n) is 5.57. The Labute approximate surface area is 396 Å². The zero-order valence-electron chi connectivity index (χ0n) is 26.8. The molecular formula is C32H21FeIK3N10O. The van der Waals surface area contributed by atoms with Crippen molar-refractivity contribution in [3.8, 4) is 0 Å². The maximum atomic E-state index is 11.6. The van der Waals surface area contributed by atoms with Gasteiger partial charge in [-0.25, -0.2) is 4.98 Å². The van der Waals surface area contributed by atoms with Crippen LogP contribution in [0.3, 0.4) is 0 Å². The van der Waals surface area contributed by atoms with Crippen LogP contribution in [0.1, 0.15) is 0 Å². The van der Waals surface area contributed by atoms with Crippen LogP contribution in [-0.2, 0) is 31.2 Å². The van der Waals surface area contributed by atoms with Gasteiger partial charge in [-0.3, -0.25) is 9.78 Å². The number of benzene rings is 2. The first-order valence-electron chi connectivity index (χ1n) is 12.4. The average molecular weight is 862 g/mol. The van der Waals surface area contributed by atoms with Gasteiger partial charge < -0.3 is 99.5 Å². The van der Waals surface area contributed by atoms with Gasteiger partial charge in [0.25, 0.3) is 5.56 Å². The van der Waals surface area contributed by atoms with E-state index < -0.39 is 0 Å². The summed E-state index contributed by atoms with van der Waals surface area (Å²) in [6.45, 7) is 28.5. The van der Waals surface area contributed by atoms with Crippen LogP contribution in [0, 0.1) is 71.0 Å². The molecule has 0 spiro atoms. The Morgan fingerprint density at radius 3 is 1.50 bits per heavy atom. The Kier molecular flexibility index (Phi) is 47.8. The van der Waals surface area contributed by atoms with Crippen molar-refractivity contribution in [3.05, 3.63) is 141 Å². The second-order valence-corrected chi connectivity index (χ2v) is 7.51. The van der Waals surface area contributed by atoms with Crippen LogP contribution in [0.25, 0.3) is 43.6 Å². The van der Waals surface area contributed by atoms with Crippen LogP contribution in [0.4, 0.5) is 0 Å². The first-order chi connectivity index (χ1) is 22.1. The van der Waals surface area contributed by atoms with Gasteiger partial charge >= 0.3 is 80.2 Å². The fraction of sp³-hybridized carbons (Fsp3) is 0.0625. The second kappa shape index (κ2) is 38.8. The molecule has 0 unspecified atom stereocenters. The van der Waals surface area contributed by atoms with E-state index in [2.05, 4.69) is 58.1 Å². The molecule has 0 aliphatic carbocycles. The molecule has 16 heteroatoms. The Morgan fingerprint density at radius 1 is 0.625 bits per heavy atom. The number of hydrogen-bond acceptors (Lipinski definition) is 9. The number of halogens is 1. The molecule has 6 rings (SSSR count). The minimum atomic E-state index is -0.00865. The summed E-state index contributed by atoms with van der Waals surface area (Å²) in [5, 5.41) is 42.0. The topological polar surface area (TPSA) is 194 Å². The van der Waals surface area contributed by atoms with Gasteiger partial charge in [-0.15, -0.1) is 0 Å². The molecule has 11 nitrogen and oxygen atoms in total. The van der Waals surface area contributed by atoms with Crippen molar-refractivity contribution in [3.63, 3.8) is 0 Å². The van der Waals surface area contributed by atoms with Crippen LogP contribution in [-0.4, -0.2) is 129 Å². The van der Waals surface area contributed by atoms with Crippen molar-refractivity contribution in [2.45, 2.75) is 0 Å². The first kappa shape index (κ1) is 59.1. The summed E-state index contributed by atoms with van der Waals surface area (Å²) in [6.07, 6.45) is 5.64. The molecule has 223 valence electrons. The summed E-state index contributed by atoms with van der Waals surface area (Å²) in [5.74, 6) is 0. The monoisotopic (exact) mass is 861 g/mol. The molecule has 2 aromatic carbocycles. The molecule has 0 aliphatic heterocycles. The van der Waals surface area contributed by atoms with Gasteiger partial charge in [0, 0.05) is 105 Å². The van der Waals surface area contributed by atoms with Gasteiger partial charge in [0.1, 0.15) is 12.6 Å². The molecule has 0 fully saturated rings. The predicted octanol–water partition coefficient (Wildman–Crippen LogP) is 0.737. The van der Waals surface area contributed by atoms with Crippen LogP contribution in [0.5, 0.6) is 0 Å². The van der Waals surface area contributed by atoms with E-state index >= 15 is 0 Å². The fourth-order valence-corrected chi connectivity index (χ4v) is 4.02. The Bertz CT molecular complexity index is 1910. The number of nitrogens with zero attached hydrogens (tertiary/aromatic N) is 10. The number of hydrogen-bond donors (Lipinski definition) is 0. The van der Waals surface area contributed by atoms with Crippen molar-refractivity contribution in [2.24, 2.45) is 14.1 Å². The summed E-state index contributed by atoms with van der Waals surface area (Å²) in [7, 11) is 3.83. The molecule has 0 amide bonds. The van der Waals surface area contributed by atoms with Crippen molar-refractivity contribution >= 4 is 158 Å². The summed E-state index contributed by atoms with van der Waals surface area (Å²) >= 11 is 2.50. The minimum absolute atomic E-state index is 0. The van der Waals surface area contributed by atoms with Crippen molar-refractivity contribution < 1.29 is 45.6 Å². The van der Waals surface area contributed by atoms with E-state index in [-0.39, 0.29) is 98.0 Å². The third kappa shape index (κ3) is 17.8. The van der Waals surface area contributed by atoms with Gasteiger partial charge in [-0.05, 0) is 30.3 Å². The summed E-state index contributed by atoms with van der Waals surface area (Å²) < 4.78 is 3.76. The molecule has 48 heavy (non-hydrogen) atoms. The third-order valence-corrected chi connectivity index (χ3v) is 5.57. The zero-order valence-corrected chi connectivity index (χ0v) is 39.4. The van der Waals surface area contributed by atoms with E-state index in [4.69, 9.17) is 71.0 Å². The number of pyridine rings is 4. The number of fused-ring (bicyclic) bond motifs is 6. The fourth-order valence-electron chi connectivity index (χ4n) is 4.02. The molecule has 1 radical (unpaired) electrons. The Balaban J connectivity index is -0.000000129. The van der Waals surface area contributed by atoms with Crippen LogP contribution >= 0.6 is 0 Å². The van der Waals surface area contributed by atoms with E-state index in [1.54, 1.807) is 23.9 Å². The van der Waals surface area contributed by atoms with Gasteiger partial charge in [0.2, 0.25) is 5.52 Å². The van der Waals surface area contributed by atoms with E-state index in [0.29, 0.717) is 0 Å². The van der Waals surface area contributed by atoms with Crippen molar-refractivity contribution in [2.75, 3.05) is 0 Å². The van der Waals surface area contributed by atoms with Crippen molar-refractivity contribution in [1.82, 2.24) is 14.5 Å². The zero-order chi connectivity index (χ0) is 35.4. The molecule has 0 N–H and O–H groups in total. The summed E-state index contributed by atoms with van der Waals surface area (Å²) in [6, 6.07) is 23.8. The van der Waals surface area contributed by atoms with Crippen LogP contribution in [0.2, 0.25) is 0 Å². The molecular weight excluding hydrogens is 840 g/mol. The molecule has 4 aromatic heterocycles. The molecule has 0 saturated carbocycles. The molecule has 0 aliphatic rings. The first-order valence-corrected chi connectivity index (χ1v) is 28.4. The molecule has 0 atom stereocenters. The van der Waals surface area contributed by atoms with Crippen LogP contribution < -0.4 is 34.1 Å². The Hall–Kier alpha value is -1.02. The predicted molar refractivity (Wildman–Crippen MR) is 172 cm³/mol. The molecule has 0 saturated heterocycles. The second-order valence-electron chi connectivity index (χ2n) is 7.51. The van der Waals surface area contributed by atoms with Gasteiger partial charge in [0.15, 0.2) is 6.20 Å². The number of rotatable bonds is 0. The van der Waals surface area contributed by atoms with Gasteiger partial charge in [-0.2, -0.15) is 4.57 Å². The number of aryl methyl sites for hydroxylation is 2. The maximum absolute atomic E-state index is 11.6. The van der Waals surface area contributed by atoms with E-state index in [1.165, 1.54) is 79.4 Å². The average Bonchev–Trinajstić information content (AvgIpc) is 3.15. The quantitative estimate of drug-likeness (QED) is 0.0697. The SMILES string of the molecule is C[n+]1cccc2ccc3cccnc3c21.Cn1c(=O)ccc2ccc3cccnc3c21.[C-]#N.[C-]#N.[C-]#N.[C-]#N.[C-]#N.[C-]#N.[Fe+6].[I-].[K].[K][K]. The standard InChI is InChI=1S/C13H10N2O.C13H11N2.6CN.Fe.HI.3K/c1-15-11(16)7-6-10-5-4-9-3-2-8-14-12(9)13(10)15;1-15-9-3-5-11-7-6-10-4-2-8-14-12(10)13(11)15;6*1-2;;;;;/h2-8H,1H3;2-9H,1H3;;;;;;;;1H;;;/q;+1;6*-1;+6;;;;/p-1. The van der Waals surface area contributed by atoms with Gasteiger partial charge in [0.05, 0.1) is 11.0 Å². The summed E-state index contributed by atoms with van der Waals surface area (Å²) in [4.78, 5) is 20.4. The molecule has 6 aromatic rings. The Morgan fingerprint density at radius 2 is 1.00 bits per heavy atom. The van der Waals surface area contributed by atoms with E-state index in [0.717, 1.165) is 27.3 Å². The van der Waals surface area contributed by atoms with Crippen LogP contribution in [0.15, 0.2) is 96.2 Å². The molecule has 4 heterocycles. The molecule has 0 bridgehead atoms. The van der Waals surface area contributed by atoms with E-state index in [9.17, 15) is 4.79 Å². The van der Waals surface area contributed by atoms with Gasteiger partial charge in [-0.1, -0.05) is 30.3 Å². The summed E-state index contributed by atoms with van der Waals surface area (Å²) in [5.41, 5.74) is 4.02. The van der Waals surface area contributed by atoms with E-state index in [1.807, 2.05) is 42.6 Å². The number of aromatic nitrogens is 4. The van der Waals surface area contributed by atoms with Crippen molar-refractivity contribution in [1.29, 1.82) is 31.6 Å².